The van der Waals surface area contributed by atoms with E-state index < -0.39 is 0 Å². The number of hydrogen-bond acceptors (Lipinski definition) is 3. The van der Waals surface area contributed by atoms with Crippen molar-refractivity contribution >= 4 is 5.91 Å². The van der Waals surface area contributed by atoms with Crippen LogP contribution in [-0.2, 0) is 19.3 Å². The summed E-state index contributed by atoms with van der Waals surface area (Å²) in [7, 11) is 0. The van der Waals surface area contributed by atoms with Crippen LogP contribution in [0.3, 0.4) is 0 Å². The molecule has 4 heterocycles. The summed E-state index contributed by atoms with van der Waals surface area (Å²) in [6.07, 6.45) is 4.39. The summed E-state index contributed by atoms with van der Waals surface area (Å²) >= 11 is 0. The Kier molecular flexibility index (Phi) is 3.15. The fourth-order valence-corrected chi connectivity index (χ4v) is 4.79. The van der Waals surface area contributed by atoms with Crippen molar-refractivity contribution in [3.8, 4) is 22.5 Å². The first-order valence-corrected chi connectivity index (χ1v) is 9.64. The molecule has 2 aliphatic heterocycles. The van der Waals surface area contributed by atoms with Gasteiger partial charge >= 0.3 is 0 Å². The number of nitrogens with one attached hydrogen (secondary N) is 3. The van der Waals surface area contributed by atoms with Crippen molar-refractivity contribution in [3.05, 3.63) is 64.7 Å². The van der Waals surface area contributed by atoms with Gasteiger partial charge in [0, 0.05) is 42.5 Å². The Bertz CT molecular complexity index is 1150. The number of benzene rings is 1. The molecule has 1 saturated heterocycles. The van der Waals surface area contributed by atoms with E-state index in [4.69, 9.17) is 0 Å². The number of hydrogen-bond donors (Lipinski definition) is 3. The molecule has 1 aromatic carbocycles. The van der Waals surface area contributed by atoms with E-state index in [1.807, 2.05) is 18.3 Å². The number of carbonyl (C=O) groups excluding carboxylic acids is 1. The molecule has 28 heavy (non-hydrogen) atoms. The molecule has 5 nitrogen and oxygen atoms in total. The molecule has 3 aromatic rings. The van der Waals surface area contributed by atoms with Crippen LogP contribution < -0.4 is 10.6 Å². The number of carbonyl (C=O) groups is 1. The summed E-state index contributed by atoms with van der Waals surface area (Å²) < 4.78 is 13.7. The minimum Gasteiger partial charge on any atom is -0.357 e. The molecular formula is C22H19FN4O. The number of amides is 1. The molecule has 1 amide bonds. The Hall–Kier alpha value is -2.99. The van der Waals surface area contributed by atoms with E-state index in [1.165, 1.54) is 12.1 Å². The molecule has 6 heteroatoms. The first-order valence-electron chi connectivity index (χ1n) is 9.64. The molecular weight excluding hydrogens is 355 g/mol. The van der Waals surface area contributed by atoms with E-state index >= 15 is 0 Å². The molecule has 6 rings (SSSR count). The Morgan fingerprint density at radius 1 is 1.14 bits per heavy atom. The topological polar surface area (TPSA) is 69.8 Å². The molecule has 0 unspecified atom stereocenters. The average molecular weight is 374 g/mol. The van der Waals surface area contributed by atoms with Gasteiger partial charge in [-0.2, -0.15) is 0 Å². The number of pyridine rings is 1. The molecule has 3 aliphatic rings. The fourth-order valence-electron chi connectivity index (χ4n) is 4.79. The number of fused-ring (bicyclic) bond motifs is 5. The van der Waals surface area contributed by atoms with Crippen LogP contribution in [0.15, 0.2) is 36.5 Å². The summed E-state index contributed by atoms with van der Waals surface area (Å²) in [5.41, 5.74) is 7.54. The average Bonchev–Trinajstić information content (AvgIpc) is 3.05. The largest absolute Gasteiger partial charge is 0.357 e. The second kappa shape index (κ2) is 5.52. The van der Waals surface area contributed by atoms with Gasteiger partial charge in [-0.15, -0.1) is 0 Å². The predicted molar refractivity (Wildman–Crippen MR) is 104 cm³/mol. The summed E-state index contributed by atoms with van der Waals surface area (Å²) in [5, 5.41) is 6.48. The second-order valence-electron chi connectivity index (χ2n) is 8.08. The van der Waals surface area contributed by atoms with E-state index in [9.17, 15) is 9.18 Å². The fraction of sp³-hybridized carbons (Fsp3) is 0.273. The molecule has 2 aromatic heterocycles. The lowest BCUT2D eigenvalue weighted by atomic mass is 9.81. The maximum Gasteiger partial charge on any atom is 0.253 e. The molecule has 0 bridgehead atoms. The summed E-state index contributed by atoms with van der Waals surface area (Å²) in [4.78, 5) is 21.0. The first-order chi connectivity index (χ1) is 13.6. The van der Waals surface area contributed by atoms with Gasteiger partial charge in [-0.25, -0.2) is 4.39 Å². The lowest BCUT2D eigenvalue weighted by Crippen LogP contribution is -2.71. The lowest BCUT2D eigenvalue weighted by molar-refractivity contribution is 0.0826. The van der Waals surface area contributed by atoms with Crippen LogP contribution in [0.5, 0.6) is 0 Å². The van der Waals surface area contributed by atoms with Gasteiger partial charge in [0.25, 0.3) is 5.91 Å². The van der Waals surface area contributed by atoms with Crippen molar-refractivity contribution < 1.29 is 9.18 Å². The maximum absolute atomic E-state index is 13.7. The third kappa shape index (κ3) is 2.21. The molecule has 0 radical (unpaired) electrons. The van der Waals surface area contributed by atoms with Crippen molar-refractivity contribution in [1.82, 2.24) is 20.6 Å². The van der Waals surface area contributed by atoms with E-state index in [0.717, 1.165) is 77.3 Å². The number of halogens is 1. The van der Waals surface area contributed by atoms with Crippen molar-refractivity contribution in [2.24, 2.45) is 0 Å². The number of aryl methyl sites for hydroxylation is 1. The summed E-state index contributed by atoms with van der Waals surface area (Å²) in [5.74, 6) is -0.243. The molecule has 1 spiro atoms. The van der Waals surface area contributed by atoms with Gasteiger partial charge in [0.1, 0.15) is 5.82 Å². The number of H-pyrrole nitrogens is 1. The summed E-state index contributed by atoms with van der Waals surface area (Å²) in [6, 6.07) is 8.51. The number of aromatic nitrogens is 2. The lowest BCUT2D eigenvalue weighted by Gasteiger charge is -2.45. The van der Waals surface area contributed by atoms with Gasteiger partial charge in [-0.3, -0.25) is 9.78 Å². The molecule has 1 fully saturated rings. The van der Waals surface area contributed by atoms with Gasteiger partial charge in [-0.1, -0.05) is 12.1 Å². The zero-order chi connectivity index (χ0) is 18.9. The molecule has 140 valence electrons. The minimum atomic E-state index is -0.274. The van der Waals surface area contributed by atoms with Crippen LogP contribution in [0, 0.1) is 5.82 Å². The van der Waals surface area contributed by atoms with Gasteiger partial charge in [-0.05, 0) is 42.2 Å². The first kappa shape index (κ1) is 16.0. The maximum atomic E-state index is 13.7. The van der Waals surface area contributed by atoms with Crippen LogP contribution in [-0.4, -0.2) is 34.5 Å². The van der Waals surface area contributed by atoms with Crippen LogP contribution in [0.4, 0.5) is 4.39 Å². The van der Waals surface area contributed by atoms with Gasteiger partial charge in [0.15, 0.2) is 0 Å². The number of nitrogens with zero attached hydrogens (tertiary/aromatic N) is 1. The van der Waals surface area contributed by atoms with E-state index in [0.29, 0.717) is 0 Å². The monoisotopic (exact) mass is 374 g/mol. The second-order valence-corrected chi connectivity index (χ2v) is 8.08. The highest BCUT2D eigenvalue weighted by molar-refractivity contribution is 6.01. The Labute approximate surface area is 161 Å². The Morgan fingerprint density at radius 3 is 2.82 bits per heavy atom. The smallest absolute Gasteiger partial charge is 0.253 e. The van der Waals surface area contributed by atoms with Crippen LogP contribution in [0.1, 0.15) is 27.2 Å². The SMILES string of the molecule is O=C1NC2(CNC2)Cc2[nH]c3c(c21)CCc1cnc(-c2cccc(F)c2)cc1-3. The third-order valence-electron chi connectivity index (χ3n) is 6.25. The molecule has 0 saturated carbocycles. The van der Waals surface area contributed by atoms with E-state index in [-0.39, 0.29) is 17.3 Å². The van der Waals surface area contributed by atoms with Gasteiger partial charge in [0.2, 0.25) is 0 Å². The third-order valence-corrected chi connectivity index (χ3v) is 6.25. The van der Waals surface area contributed by atoms with Crippen LogP contribution in [0.25, 0.3) is 22.5 Å². The zero-order valence-corrected chi connectivity index (χ0v) is 15.2. The van der Waals surface area contributed by atoms with Crippen molar-refractivity contribution in [2.45, 2.75) is 24.8 Å². The normalized spacial score (nSPS) is 18.7. The molecule has 1 aliphatic carbocycles. The highest BCUT2D eigenvalue weighted by Gasteiger charge is 2.45. The predicted octanol–water partition coefficient (Wildman–Crippen LogP) is 2.61. The van der Waals surface area contributed by atoms with E-state index in [2.05, 4.69) is 20.6 Å². The zero-order valence-electron chi connectivity index (χ0n) is 15.2. The van der Waals surface area contributed by atoms with Crippen molar-refractivity contribution in [3.63, 3.8) is 0 Å². The van der Waals surface area contributed by atoms with Crippen molar-refractivity contribution in [2.75, 3.05) is 13.1 Å². The number of aromatic amines is 1. The van der Waals surface area contributed by atoms with Gasteiger partial charge < -0.3 is 15.6 Å². The highest BCUT2D eigenvalue weighted by Crippen LogP contribution is 2.40. The van der Waals surface area contributed by atoms with Crippen LogP contribution in [0.2, 0.25) is 0 Å². The molecule has 0 atom stereocenters. The van der Waals surface area contributed by atoms with Crippen LogP contribution >= 0.6 is 0 Å². The number of rotatable bonds is 1. The highest BCUT2D eigenvalue weighted by atomic mass is 19.1. The minimum absolute atomic E-state index is 0.0307. The molecule has 3 N–H and O–H groups in total. The Balaban J connectivity index is 1.48. The van der Waals surface area contributed by atoms with Gasteiger partial charge in [0.05, 0.1) is 22.5 Å². The summed E-state index contributed by atoms with van der Waals surface area (Å²) in [6.45, 7) is 1.62. The quantitative estimate of drug-likeness (QED) is 0.613. The standard InChI is InChI=1S/C22H19FN4O/c23-14-3-1-2-12(6-14)17-7-16-13(9-25-17)4-5-15-19-18(26-20(15)16)8-22(10-24-11-22)27-21(19)28/h1-3,6-7,9,24,26H,4-5,8,10-11H2,(H,27,28). The Morgan fingerprint density at radius 2 is 2.04 bits per heavy atom. The van der Waals surface area contributed by atoms with E-state index in [1.54, 1.807) is 6.07 Å². The van der Waals surface area contributed by atoms with Crippen molar-refractivity contribution in [1.29, 1.82) is 0 Å².